The number of rotatable bonds is 5. The van der Waals surface area contributed by atoms with Gasteiger partial charge in [-0.1, -0.05) is 12.1 Å². The van der Waals surface area contributed by atoms with Gasteiger partial charge in [0.15, 0.2) is 0 Å². The fourth-order valence-electron chi connectivity index (χ4n) is 3.08. The Labute approximate surface area is 121 Å². The smallest absolute Gasteiger partial charge is 0.119 e. The summed E-state index contributed by atoms with van der Waals surface area (Å²) in [4.78, 5) is 2.49. The lowest BCUT2D eigenvalue weighted by Crippen LogP contribution is -2.49. The fourth-order valence-corrected chi connectivity index (χ4v) is 3.08. The van der Waals surface area contributed by atoms with E-state index in [1.807, 2.05) is 12.1 Å². The monoisotopic (exact) mass is 278 g/mol. The Morgan fingerprint density at radius 2 is 2.20 bits per heavy atom. The van der Waals surface area contributed by atoms with E-state index in [0.29, 0.717) is 24.7 Å². The molecule has 1 aliphatic rings. The third-order valence-electron chi connectivity index (χ3n) is 4.39. The molecule has 4 nitrogen and oxygen atoms in total. The van der Waals surface area contributed by atoms with Gasteiger partial charge in [0, 0.05) is 32.3 Å². The summed E-state index contributed by atoms with van der Waals surface area (Å²) in [5, 5.41) is 0. The van der Waals surface area contributed by atoms with Crippen LogP contribution >= 0.6 is 0 Å². The van der Waals surface area contributed by atoms with Crippen LogP contribution in [0.3, 0.4) is 0 Å². The molecule has 1 aromatic carbocycles. The van der Waals surface area contributed by atoms with Crippen molar-refractivity contribution in [1.82, 2.24) is 4.90 Å². The maximum Gasteiger partial charge on any atom is 0.119 e. The predicted octanol–water partition coefficient (Wildman–Crippen LogP) is 2.19. The standard InChI is InChI=1S/C16H26N2O2/c1-12(13-5-4-6-15(9-13)19-2)18-8-7-16(20-3)10-14(18)11-17/h4-6,9,12,14,16H,7-8,10-11,17H2,1-3H3. The number of likely N-dealkylation sites (tertiary alicyclic amines) is 1. The Hall–Kier alpha value is -1.10. The molecule has 3 unspecified atom stereocenters. The number of hydrogen-bond donors (Lipinski definition) is 1. The molecule has 0 spiro atoms. The zero-order chi connectivity index (χ0) is 14.5. The van der Waals surface area contributed by atoms with Crippen LogP contribution in [0.2, 0.25) is 0 Å². The van der Waals surface area contributed by atoms with Gasteiger partial charge in [0.2, 0.25) is 0 Å². The van der Waals surface area contributed by atoms with E-state index < -0.39 is 0 Å². The van der Waals surface area contributed by atoms with Crippen LogP contribution in [-0.4, -0.2) is 44.4 Å². The largest absolute Gasteiger partial charge is 0.497 e. The molecule has 2 rings (SSSR count). The molecule has 0 aliphatic carbocycles. The maximum absolute atomic E-state index is 5.96. The molecular weight excluding hydrogens is 252 g/mol. The van der Waals surface area contributed by atoms with Gasteiger partial charge in [0.25, 0.3) is 0 Å². The van der Waals surface area contributed by atoms with Crippen LogP contribution in [0.25, 0.3) is 0 Å². The highest BCUT2D eigenvalue weighted by Gasteiger charge is 2.31. The summed E-state index contributed by atoms with van der Waals surface area (Å²) in [6, 6.07) is 9.02. The first-order chi connectivity index (χ1) is 9.69. The summed E-state index contributed by atoms with van der Waals surface area (Å²) in [5.74, 6) is 0.908. The van der Waals surface area contributed by atoms with Gasteiger partial charge in [-0.2, -0.15) is 0 Å². The van der Waals surface area contributed by atoms with Crippen molar-refractivity contribution in [2.45, 2.75) is 38.0 Å². The van der Waals surface area contributed by atoms with Crippen LogP contribution in [0.5, 0.6) is 5.75 Å². The zero-order valence-corrected chi connectivity index (χ0v) is 12.7. The third-order valence-corrected chi connectivity index (χ3v) is 4.39. The normalized spacial score (nSPS) is 25.4. The van der Waals surface area contributed by atoms with Crippen LogP contribution in [-0.2, 0) is 4.74 Å². The lowest BCUT2D eigenvalue weighted by atomic mass is 9.95. The van der Waals surface area contributed by atoms with Crippen molar-refractivity contribution in [3.05, 3.63) is 29.8 Å². The Balaban J connectivity index is 2.12. The maximum atomic E-state index is 5.96. The van der Waals surface area contributed by atoms with Crippen LogP contribution in [0.1, 0.15) is 31.4 Å². The average Bonchev–Trinajstić information content (AvgIpc) is 2.53. The second kappa shape index (κ2) is 7.07. The molecule has 1 aliphatic heterocycles. The van der Waals surface area contributed by atoms with E-state index >= 15 is 0 Å². The third kappa shape index (κ3) is 3.32. The minimum Gasteiger partial charge on any atom is -0.497 e. The van der Waals surface area contributed by atoms with Gasteiger partial charge in [-0.3, -0.25) is 4.90 Å². The van der Waals surface area contributed by atoms with E-state index in [9.17, 15) is 0 Å². The molecule has 1 heterocycles. The number of nitrogens with two attached hydrogens (primary N) is 1. The quantitative estimate of drug-likeness (QED) is 0.897. The van der Waals surface area contributed by atoms with Crippen molar-refractivity contribution in [3.8, 4) is 5.75 Å². The first kappa shape index (κ1) is 15.3. The molecule has 1 aromatic rings. The molecule has 1 fully saturated rings. The molecule has 0 saturated carbocycles. The Kier molecular flexibility index (Phi) is 5.40. The number of ether oxygens (including phenoxy) is 2. The summed E-state index contributed by atoms with van der Waals surface area (Å²) in [5.41, 5.74) is 7.24. The molecule has 0 radical (unpaired) electrons. The molecule has 4 heteroatoms. The fraction of sp³-hybridized carbons (Fsp3) is 0.625. The first-order valence-corrected chi connectivity index (χ1v) is 7.32. The summed E-state index contributed by atoms with van der Waals surface area (Å²) in [6.45, 7) is 3.94. The molecule has 0 amide bonds. The van der Waals surface area contributed by atoms with E-state index in [1.54, 1.807) is 14.2 Å². The molecular formula is C16H26N2O2. The van der Waals surface area contributed by atoms with Crippen molar-refractivity contribution in [2.24, 2.45) is 5.73 Å². The zero-order valence-electron chi connectivity index (χ0n) is 12.7. The molecule has 112 valence electrons. The van der Waals surface area contributed by atoms with E-state index in [0.717, 1.165) is 25.1 Å². The van der Waals surface area contributed by atoms with Crippen molar-refractivity contribution in [1.29, 1.82) is 0 Å². The van der Waals surface area contributed by atoms with Crippen LogP contribution < -0.4 is 10.5 Å². The van der Waals surface area contributed by atoms with E-state index in [1.165, 1.54) is 5.56 Å². The van der Waals surface area contributed by atoms with Gasteiger partial charge >= 0.3 is 0 Å². The molecule has 3 atom stereocenters. The summed E-state index contributed by atoms with van der Waals surface area (Å²) in [6.07, 6.45) is 2.43. The molecule has 0 bridgehead atoms. The molecule has 2 N–H and O–H groups in total. The Bertz CT molecular complexity index is 425. The molecule has 0 aromatic heterocycles. The summed E-state index contributed by atoms with van der Waals surface area (Å²) >= 11 is 0. The number of methoxy groups -OCH3 is 2. The van der Waals surface area contributed by atoms with Crippen molar-refractivity contribution >= 4 is 0 Å². The lowest BCUT2D eigenvalue weighted by molar-refractivity contribution is -0.00166. The second-order valence-electron chi connectivity index (χ2n) is 5.46. The average molecular weight is 278 g/mol. The van der Waals surface area contributed by atoms with Gasteiger partial charge < -0.3 is 15.2 Å². The van der Waals surface area contributed by atoms with Gasteiger partial charge in [0.1, 0.15) is 5.75 Å². The van der Waals surface area contributed by atoms with Gasteiger partial charge in [0.05, 0.1) is 13.2 Å². The summed E-state index contributed by atoms with van der Waals surface area (Å²) in [7, 11) is 3.50. The summed E-state index contributed by atoms with van der Waals surface area (Å²) < 4.78 is 10.8. The van der Waals surface area contributed by atoms with Crippen LogP contribution in [0, 0.1) is 0 Å². The lowest BCUT2D eigenvalue weighted by Gasteiger charge is -2.42. The van der Waals surface area contributed by atoms with Gasteiger partial charge in [-0.15, -0.1) is 0 Å². The van der Waals surface area contributed by atoms with E-state index in [2.05, 4.69) is 24.0 Å². The molecule has 20 heavy (non-hydrogen) atoms. The highest BCUT2D eigenvalue weighted by molar-refractivity contribution is 5.30. The minimum absolute atomic E-state index is 0.344. The first-order valence-electron chi connectivity index (χ1n) is 7.32. The Morgan fingerprint density at radius 3 is 2.85 bits per heavy atom. The van der Waals surface area contributed by atoms with E-state index in [-0.39, 0.29) is 0 Å². The number of benzene rings is 1. The van der Waals surface area contributed by atoms with Gasteiger partial charge in [-0.05, 0) is 37.5 Å². The highest BCUT2D eigenvalue weighted by Crippen LogP contribution is 2.30. The number of piperidine rings is 1. The van der Waals surface area contributed by atoms with Crippen molar-refractivity contribution < 1.29 is 9.47 Å². The molecule has 1 saturated heterocycles. The minimum atomic E-state index is 0.344. The topological polar surface area (TPSA) is 47.7 Å². The van der Waals surface area contributed by atoms with Gasteiger partial charge in [-0.25, -0.2) is 0 Å². The van der Waals surface area contributed by atoms with Crippen molar-refractivity contribution in [3.63, 3.8) is 0 Å². The Morgan fingerprint density at radius 1 is 1.40 bits per heavy atom. The number of hydrogen-bond acceptors (Lipinski definition) is 4. The predicted molar refractivity (Wildman–Crippen MR) is 81.0 cm³/mol. The highest BCUT2D eigenvalue weighted by atomic mass is 16.5. The van der Waals surface area contributed by atoms with Crippen molar-refractivity contribution in [2.75, 3.05) is 27.3 Å². The van der Waals surface area contributed by atoms with Crippen LogP contribution in [0.15, 0.2) is 24.3 Å². The van der Waals surface area contributed by atoms with E-state index in [4.69, 9.17) is 15.2 Å². The second-order valence-corrected chi connectivity index (χ2v) is 5.46. The SMILES string of the molecule is COc1cccc(C(C)N2CCC(OC)CC2CN)c1. The van der Waals surface area contributed by atoms with Crippen LogP contribution in [0.4, 0.5) is 0 Å². The number of nitrogens with zero attached hydrogens (tertiary/aromatic N) is 1.